The maximum atomic E-state index is 12.3. The molecule has 2 aromatic heterocycles. The Balaban J connectivity index is 1.60. The number of benzene rings is 1. The van der Waals surface area contributed by atoms with E-state index in [1.54, 1.807) is 25.3 Å². The topological polar surface area (TPSA) is 65.2 Å². The Labute approximate surface area is 186 Å². The van der Waals surface area contributed by atoms with Crippen molar-refractivity contribution < 1.29 is 13.9 Å². The van der Waals surface area contributed by atoms with Gasteiger partial charge in [-0.05, 0) is 69.6 Å². The van der Waals surface area contributed by atoms with Crippen molar-refractivity contribution in [3.05, 3.63) is 52.9 Å². The number of nitrogens with zero attached hydrogens (tertiary/aromatic N) is 2. The molecule has 4 rings (SSSR count). The number of thiazole rings is 1. The van der Waals surface area contributed by atoms with Crippen molar-refractivity contribution in [2.24, 2.45) is 11.8 Å². The average molecular weight is 437 g/mol. The summed E-state index contributed by atoms with van der Waals surface area (Å²) in [5.41, 5.74) is 4.01. The van der Waals surface area contributed by atoms with Crippen molar-refractivity contribution in [1.82, 2.24) is 9.97 Å². The van der Waals surface area contributed by atoms with Crippen molar-refractivity contribution >= 4 is 34.5 Å². The molecule has 3 aromatic rings. The number of ether oxygens (including phenoxy) is 1. The summed E-state index contributed by atoms with van der Waals surface area (Å²) in [6.45, 7) is 6.64. The Kier molecular flexibility index (Phi) is 6.66. The molecule has 0 fully saturated rings. The Hall–Kier alpha value is -2.73. The van der Waals surface area contributed by atoms with Gasteiger partial charge >= 0.3 is 5.97 Å². The Morgan fingerprint density at radius 1 is 1.32 bits per heavy atom. The van der Waals surface area contributed by atoms with Crippen LogP contribution in [0.3, 0.4) is 0 Å². The van der Waals surface area contributed by atoms with Crippen LogP contribution in [-0.2, 0) is 4.74 Å². The third-order valence-electron chi connectivity index (χ3n) is 5.90. The molecule has 0 aliphatic heterocycles. The molecule has 5 nitrogen and oxygen atoms in total. The quantitative estimate of drug-likeness (QED) is 0.297. The summed E-state index contributed by atoms with van der Waals surface area (Å²) < 4.78 is 11.2. The van der Waals surface area contributed by atoms with E-state index in [1.165, 1.54) is 36.2 Å². The molecule has 0 spiro atoms. The van der Waals surface area contributed by atoms with Gasteiger partial charge in [-0.15, -0.1) is 11.3 Å². The fourth-order valence-electron chi connectivity index (χ4n) is 4.26. The second-order valence-electron chi connectivity index (χ2n) is 7.97. The van der Waals surface area contributed by atoms with Gasteiger partial charge in [0.25, 0.3) is 0 Å². The van der Waals surface area contributed by atoms with Crippen LogP contribution in [0.15, 0.2) is 45.9 Å². The van der Waals surface area contributed by atoms with Gasteiger partial charge in [-0.2, -0.15) is 0 Å². The number of aromatic nitrogens is 2. The van der Waals surface area contributed by atoms with Crippen LogP contribution in [0.1, 0.15) is 62.7 Å². The largest absolute Gasteiger partial charge is 0.462 e. The molecule has 162 valence electrons. The molecular weight excluding hydrogens is 408 g/mol. The fourth-order valence-corrected chi connectivity index (χ4v) is 4.91. The van der Waals surface area contributed by atoms with Crippen LogP contribution in [0.4, 0.5) is 0 Å². The van der Waals surface area contributed by atoms with Crippen molar-refractivity contribution in [2.45, 2.75) is 46.5 Å². The molecule has 6 heteroatoms. The van der Waals surface area contributed by atoms with Crippen molar-refractivity contribution in [3.8, 4) is 10.6 Å². The maximum Gasteiger partial charge on any atom is 0.338 e. The van der Waals surface area contributed by atoms with Crippen LogP contribution < -0.4 is 0 Å². The van der Waals surface area contributed by atoms with E-state index in [0.717, 1.165) is 22.9 Å². The highest BCUT2D eigenvalue weighted by Crippen LogP contribution is 2.34. The molecule has 0 saturated heterocycles. The van der Waals surface area contributed by atoms with Gasteiger partial charge in [0, 0.05) is 11.6 Å². The lowest BCUT2D eigenvalue weighted by atomic mass is 9.80. The Bertz CT molecular complexity index is 1110. The lowest BCUT2D eigenvalue weighted by molar-refractivity contribution is 0.0526. The molecule has 2 unspecified atom stereocenters. The van der Waals surface area contributed by atoms with Gasteiger partial charge in [0.2, 0.25) is 5.89 Å². The van der Waals surface area contributed by atoms with Crippen molar-refractivity contribution in [3.63, 3.8) is 0 Å². The zero-order valence-corrected chi connectivity index (χ0v) is 19.1. The minimum atomic E-state index is -0.368. The molecule has 2 atom stereocenters. The minimum Gasteiger partial charge on any atom is -0.462 e. The molecule has 2 heterocycles. The number of carbonyl (C=O) groups is 1. The molecule has 0 amide bonds. The molecule has 0 radical (unpaired) electrons. The monoisotopic (exact) mass is 436 g/mol. The van der Waals surface area contributed by atoms with E-state index in [1.807, 2.05) is 11.5 Å². The lowest BCUT2D eigenvalue weighted by Gasteiger charge is -2.25. The van der Waals surface area contributed by atoms with Crippen LogP contribution in [0.5, 0.6) is 0 Å². The summed E-state index contributed by atoms with van der Waals surface area (Å²) in [6, 6.07) is 3.50. The smallest absolute Gasteiger partial charge is 0.338 e. The van der Waals surface area contributed by atoms with E-state index in [-0.39, 0.29) is 5.97 Å². The van der Waals surface area contributed by atoms with E-state index in [2.05, 4.69) is 36.0 Å². The van der Waals surface area contributed by atoms with Gasteiger partial charge in [0.1, 0.15) is 10.5 Å². The van der Waals surface area contributed by atoms with E-state index in [9.17, 15) is 4.79 Å². The standard InChI is InChI=1S/C25H28N2O3S/c1-4-18-10-9-17(13-16(18)3)7-6-8-22-27-21-15-19(25(28)29-5-2)14-20(23(21)30-22)24-26-11-12-31-24/h6,8,11-15,17-18H,4-5,7,9-10H2,1-3H3/b8-6+. The molecule has 31 heavy (non-hydrogen) atoms. The number of hydrogen-bond acceptors (Lipinski definition) is 6. The van der Waals surface area contributed by atoms with Gasteiger partial charge in [-0.25, -0.2) is 14.8 Å². The van der Waals surface area contributed by atoms with E-state index < -0.39 is 0 Å². The van der Waals surface area contributed by atoms with Gasteiger partial charge in [-0.1, -0.05) is 24.6 Å². The highest BCUT2D eigenvalue weighted by atomic mass is 32.1. The maximum absolute atomic E-state index is 12.3. The summed E-state index contributed by atoms with van der Waals surface area (Å²) in [6.07, 6.45) is 12.9. The first-order chi connectivity index (χ1) is 15.1. The first kappa shape index (κ1) is 21.5. The fraction of sp³-hybridized carbons (Fsp3) is 0.400. The van der Waals surface area contributed by atoms with Gasteiger partial charge in [0.15, 0.2) is 5.58 Å². The van der Waals surface area contributed by atoms with Crippen LogP contribution in [0, 0.1) is 11.8 Å². The predicted molar refractivity (Wildman–Crippen MR) is 125 cm³/mol. The van der Waals surface area contributed by atoms with Gasteiger partial charge in [0.05, 0.1) is 17.7 Å². The first-order valence-corrected chi connectivity index (χ1v) is 11.8. The van der Waals surface area contributed by atoms with Crippen LogP contribution in [-0.4, -0.2) is 22.5 Å². The SMILES string of the molecule is CCOC(=O)c1cc(-c2nccs2)c2oc(/C=C/CC3C=C(C)C(CC)CC3)nc2c1. The number of hydrogen-bond donors (Lipinski definition) is 0. The highest BCUT2D eigenvalue weighted by molar-refractivity contribution is 7.13. The Morgan fingerprint density at radius 3 is 2.90 bits per heavy atom. The summed E-state index contributed by atoms with van der Waals surface area (Å²) in [5, 5.41) is 2.69. The Morgan fingerprint density at radius 2 is 2.19 bits per heavy atom. The van der Waals surface area contributed by atoms with E-state index >= 15 is 0 Å². The number of allylic oxidation sites excluding steroid dienone is 3. The summed E-state index contributed by atoms with van der Waals surface area (Å²) in [5.74, 6) is 1.49. The summed E-state index contributed by atoms with van der Waals surface area (Å²) >= 11 is 1.50. The summed E-state index contributed by atoms with van der Waals surface area (Å²) in [4.78, 5) is 21.3. The molecule has 1 aliphatic rings. The average Bonchev–Trinajstić information content (AvgIpc) is 3.43. The van der Waals surface area contributed by atoms with Crippen LogP contribution in [0.2, 0.25) is 0 Å². The molecule has 1 aromatic carbocycles. The molecule has 0 bridgehead atoms. The minimum absolute atomic E-state index is 0.324. The van der Waals surface area contributed by atoms with Gasteiger partial charge in [-0.3, -0.25) is 0 Å². The third-order valence-corrected chi connectivity index (χ3v) is 6.71. The van der Waals surface area contributed by atoms with E-state index in [0.29, 0.717) is 35.1 Å². The lowest BCUT2D eigenvalue weighted by Crippen LogP contribution is -2.11. The number of rotatable bonds is 7. The summed E-state index contributed by atoms with van der Waals surface area (Å²) in [7, 11) is 0. The first-order valence-electron chi connectivity index (χ1n) is 11.0. The number of esters is 1. The normalized spacial score (nSPS) is 19.1. The van der Waals surface area contributed by atoms with Gasteiger partial charge < -0.3 is 9.15 Å². The number of fused-ring (bicyclic) bond motifs is 1. The third kappa shape index (κ3) is 4.79. The van der Waals surface area contributed by atoms with Crippen molar-refractivity contribution in [1.29, 1.82) is 0 Å². The van der Waals surface area contributed by atoms with Crippen LogP contribution in [0.25, 0.3) is 27.7 Å². The predicted octanol–water partition coefficient (Wildman–Crippen LogP) is 6.91. The van der Waals surface area contributed by atoms with E-state index in [4.69, 9.17) is 9.15 Å². The highest BCUT2D eigenvalue weighted by Gasteiger charge is 2.19. The molecule has 0 N–H and O–H groups in total. The molecular formula is C25H28N2O3S. The number of carbonyl (C=O) groups excluding carboxylic acids is 1. The zero-order chi connectivity index (χ0) is 21.8. The number of oxazole rings is 1. The second kappa shape index (κ2) is 9.60. The molecule has 0 saturated carbocycles. The van der Waals surface area contributed by atoms with Crippen molar-refractivity contribution in [2.75, 3.05) is 6.61 Å². The van der Waals surface area contributed by atoms with Crippen LogP contribution >= 0.6 is 11.3 Å². The molecule has 1 aliphatic carbocycles. The second-order valence-corrected chi connectivity index (χ2v) is 8.87. The zero-order valence-electron chi connectivity index (χ0n) is 18.3.